The van der Waals surface area contributed by atoms with Gasteiger partial charge in [0.05, 0.1) is 6.33 Å². The summed E-state index contributed by atoms with van der Waals surface area (Å²) in [5, 5.41) is 6.39. The number of nitrogens with zero attached hydrogens (tertiary/aromatic N) is 6. The first-order valence-corrected chi connectivity index (χ1v) is 9.79. The minimum absolute atomic E-state index is 0.0689. The van der Waals surface area contributed by atoms with Crippen LogP contribution in [0, 0.1) is 0 Å². The van der Waals surface area contributed by atoms with Gasteiger partial charge in [-0.2, -0.15) is 0 Å². The Morgan fingerprint density at radius 2 is 1.93 bits per heavy atom. The van der Waals surface area contributed by atoms with Crippen LogP contribution in [0.4, 0.5) is 5.82 Å². The minimum Gasteiger partial charge on any atom is -0.364 e. The highest BCUT2D eigenvalue weighted by atomic mass is 16.1. The molecule has 1 aliphatic carbocycles. The fourth-order valence-electron chi connectivity index (χ4n) is 3.64. The quantitative estimate of drug-likeness (QED) is 0.511. The van der Waals surface area contributed by atoms with Gasteiger partial charge in [-0.3, -0.25) is 14.8 Å². The van der Waals surface area contributed by atoms with Gasteiger partial charge < -0.3 is 15.2 Å². The molecule has 1 saturated carbocycles. The van der Waals surface area contributed by atoms with Crippen molar-refractivity contribution in [2.75, 3.05) is 5.32 Å². The number of amides is 1. The molecule has 4 heterocycles. The molecule has 9 nitrogen and oxygen atoms in total. The van der Waals surface area contributed by atoms with E-state index < -0.39 is 0 Å². The van der Waals surface area contributed by atoms with Gasteiger partial charge >= 0.3 is 0 Å². The molecule has 4 aromatic rings. The molecule has 0 saturated heterocycles. The monoisotopic (exact) mass is 400 g/mol. The van der Waals surface area contributed by atoms with Crippen molar-refractivity contribution in [2.45, 2.75) is 31.5 Å². The number of nitrogens with one attached hydrogen (secondary N) is 2. The van der Waals surface area contributed by atoms with Crippen molar-refractivity contribution < 1.29 is 4.79 Å². The average Bonchev–Trinajstić information content (AvgIpc) is 3.20. The smallest absolute Gasteiger partial charge is 0.251 e. The molecule has 0 aliphatic heterocycles. The molecule has 0 unspecified atom stereocenters. The maximum absolute atomic E-state index is 12.3. The Bertz CT molecular complexity index is 1160. The van der Waals surface area contributed by atoms with E-state index in [-0.39, 0.29) is 18.0 Å². The van der Waals surface area contributed by atoms with Crippen molar-refractivity contribution in [1.29, 1.82) is 0 Å². The first-order valence-electron chi connectivity index (χ1n) is 9.79. The van der Waals surface area contributed by atoms with Crippen LogP contribution in [-0.2, 0) is 6.54 Å². The SMILES string of the molecule is O=C(NC1CC(n2cnc3c(NCc4cccnc4)ncnc32)C1)c1ccncc1. The highest BCUT2D eigenvalue weighted by Gasteiger charge is 2.33. The number of hydrogen-bond donors (Lipinski definition) is 2. The Kier molecular flexibility index (Phi) is 4.76. The Hall–Kier alpha value is -3.88. The number of anilines is 1. The predicted molar refractivity (Wildman–Crippen MR) is 111 cm³/mol. The molecule has 1 fully saturated rings. The van der Waals surface area contributed by atoms with Gasteiger partial charge in [0, 0.05) is 49.0 Å². The summed E-state index contributed by atoms with van der Waals surface area (Å²) in [7, 11) is 0. The Balaban J connectivity index is 1.25. The van der Waals surface area contributed by atoms with E-state index in [2.05, 4.69) is 40.1 Å². The van der Waals surface area contributed by atoms with Crippen molar-refractivity contribution in [3.63, 3.8) is 0 Å². The van der Waals surface area contributed by atoms with Crippen molar-refractivity contribution in [2.24, 2.45) is 0 Å². The van der Waals surface area contributed by atoms with Gasteiger partial charge in [0.2, 0.25) is 0 Å². The van der Waals surface area contributed by atoms with Crippen LogP contribution in [0.15, 0.2) is 61.7 Å². The van der Waals surface area contributed by atoms with Gasteiger partial charge in [-0.15, -0.1) is 0 Å². The minimum atomic E-state index is -0.0689. The summed E-state index contributed by atoms with van der Waals surface area (Å²) < 4.78 is 2.07. The van der Waals surface area contributed by atoms with E-state index in [1.807, 2.05) is 18.3 Å². The zero-order valence-corrected chi connectivity index (χ0v) is 16.1. The molecule has 0 atom stereocenters. The molecule has 30 heavy (non-hydrogen) atoms. The van der Waals surface area contributed by atoms with Crippen LogP contribution in [0.1, 0.15) is 34.8 Å². The second-order valence-electron chi connectivity index (χ2n) is 7.29. The largest absolute Gasteiger partial charge is 0.364 e. The van der Waals surface area contributed by atoms with E-state index >= 15 is 0 Å². The lowest BCUT2D eigenvalue weighted by molar-refractivity contribution is 0.0894. The van der Waals surface area contributed by atoms with E-state index in [0.29, 0.717) is 17.9 Å². The number of aromatic nitrogens is 6. The fourth-order valence-corrected chi connectivity index (χ4v) is 3.64. The molecule has 5 rings (SSSR count). The summed E-state index contributed by atoms with van der Waals surface area (Å²) >= 11 is 0. The van der Waals surface area contributed by atoms with Gasteiger partial charge in [0.15, 0.2) is 11.5 Å². The number of pyridine rings is 2. The van der Waals surface area contributed by atoms with E-state index in [9.17, 15) is 4.79 Å². The lowest BCUT2D eigenvalue weighted by atomic mass is 9.86. The second-order valence-corrected chi connectivity index (χ2v) is 7.29. The number of imidazole rings is 1. The molecule has 0 radical (unpaired) electrons. The molecule has 0 bridgehead atoms. The Morgan fingerprint density at radius 3 is 2.73 bits per heavy atom. The first kappa shape index (κ1) is 18.2. The maximum atomic E-state index is 12.3. The first-order chi connectivity index (χ1) is 14.8. The van der Waals surface area contributed by atoms with Gasteiger partial charge in [0.1, 0.15) is 11.8 Å². The molecule has 1 aliphatic rings. The van der Waals surface area contributed by atoms with Crippen LogP contribution < -0.4 is 10.6 Å². The van der Waals surface area contributed by atoms with Crippen LogP contribution in [0.25, 0.3) is 11.2 Å². The van der Waals surface area contributed by atoms with Crippen molar-refractivity contribution >= 4 is 22.9 Å². The second kappa shape index (κ2) is 7.86. The molecular formula is C21H20N8O. The van der Waals surface area contributed by atoms with E-state index in [4.69, 9.17) is 0 Å². The van der Waals surface area contributed by atoms with E-state index in [1.54, 1.807) is 43.4 Å². The molecule has 2 N–H and O–H groups in total. The fraction of sp³-hybridized carbons (Fsp3) is 0.238. The third-order valence-electron chi connectivity index (χ3n) is 5.33. The molecule has 0 aromatic carbocycles. The predicted octanol–water partition coefficient (Wildman–Crippen LogP) is 2.36. The number of rotatable bonds is 6. The van der Waals surface area contributed by atoms with E-state index in [1.165, 1.54) is 0 Å². The summed E-state index contributed by atoms with van der Waals surface area (Å²) in [6.07, 6.45) is 11.8. The van der Waals surface area contributed by atoms with Gasteiger partial charge in [0.25, 0.3) is 5.91 Å². The van der Waals surface area contributed by atoms with Crippen LogP contribution in [0.2, 0.25) is 0 Å². The van der Waals surface area contributed by atoms with Gasteiger partial charge in [-0.05, 0) is 36.6 Å². The van der Waals surface area contributed by atoms with E-state index in [0.717, 1.165) is 29.6 Å². The molecule has 0 spiro atoms. The van der Waals surface area contributed by atoms with Crippen molar-refractivity contribution in [3.05, 3.63) is 72.8 Å². The lowest BCUT2D eigenvalue weighted by Gasteiger charge is -2.36. The van der Waals surface area contributed by atoms with Gasteiger partial charge in [-0.25, -0.2) is 15.0 Å². The molecule has 9 heteroatoms. The maximum Gasteiger partial charge on any atom is 0.251 e. The molecule has 150 valence electrons. The Morgan fingerprint density at radius 1 is 1.07 bits per heavy atom. The number of fused-ring (bicyclic) bond motifs is 1. The normalized spacial score (nSPS) is 18.0. The topological polar surface area (TPSA) is 111 Å². The van der Waals surface area contributed by atoms with Gasteiger partial charge in [-0.1, -0.05) is 6.07 Å². The summed E-state index contributed by atoms with van der Waals surface area (Å²) in [5.74, 6) is 0.630. The molecule has 1 amide bonds. The van der Waals surface area contributed by atoms with Crippen LogP contribution in [-0.4, -0.2) is 41.4 Å². The van der Waals surface area contributed by atoms with Crippen LogP contribution >= 0.6 is 0 Å². The number of hydrogen-bond acceptors (Lipinski definition) is 7. The average molecular weight is 400 g/mol. The highest BCUT2D eigenvalue weighted by molar-refractivity contribution is 5.94. The zero-order chi connectivity index (χ0) is 20.3. The summed E-state index contributed by atoms with van der Waals surface area (Å²) in [5.41, 5.74) is 3.22. The van der Waals surface area contributed by atoms with Crippen molar-refractivity contribution in [1.82, 2.24) is 34.8 Å². The number of carbonyl (C=O) groups excluding carboxylic acids is 1. The highest BCUT2D eigenvalue weighted by Crippen LogP contribution is 2.35. The number of carbonyl (C=O) groups is 1. The summed E-state index contributed by atoms with van der Waals surface area (Å²) in [6.45, 7) is 0.610. The molecule has 4 aromatic heterocycles. The zero-order valence-electron chi connectivity index (χ0n) is 16.1. The standard InChI is InChI=1S/C21H20N8O/c30-21(15-3-6-22-7-4-15)28-16-8-17(9-16)29-13-27-18-19(25-12-26-20(18)29)24-11-14-2-1-5-23-10-14/h1-7,10,12-13,16-17H,8-9,11H2,(H,28,30)(H,24,25,26). The van der Waals surface area contributed by atoms with Crippen molar-refractivity contribution in [3.8, 4) is 0 Å². The Labute approximate surface area is 172 Å². The third-order valence-corrected chi connectivity index (χ3v) is 5.33. The van der Waals surface area contributed by atoms with Crippen LogP contribution in [0.5, 0.6) is 0 Å². The summed E-state index contributed by atoms with van der Waals surface area (Å²) in [6, 6.07) is 7.72. The summed E-state index contributed by atoms with van der Waals surface area (Å²) in [4.78, 5) is 33.7. The van der Waals surface area contributed by atoms with Crippen LogP contribution in [0.3, 0.4) is 0 Å². The molecular weight excluding hydrogens is 380 g/mol. The lowest BCUT2D eigenvalue weighted by Crippen LogP contribution is -2.44. The third kappa shape index (κ3) is 3.57.